The maximum atomic E-state index is 12.2. The first kappa shape index (κ1) is 15.9. The third-order valence-electron chi connectivity index (χ3n) is 3.48. The molecule has 1 aliphatic heterocycles. The summed E-state index contributed by atoms with van der Waals surface area (Å²) in [6.07, 6.45) is 1.30. The minimum atomic E-state index is -0.996. The number of rotatable bonds is 6. The van der Waals surface area contributed by atoms with Crippen molar-refractivity contribution < 1.29 is 24.2 Å². The molecule has 0 spiro atoms. The Morgan fingerprint density at radius 2 is 2.24 bits per heavy atom. The summed E-state index contributed by atoms with van der Waals surface area (Å²) in [4.78, 5) is 24.1. The number of hydrogen-bond donors (Lipinski definition) is 2. The van der Waals surface area contributed by atoms with Crippen molar-refractivity contribution in [3.05, 3.63) is 21.9 Å². The predicted molar refractivity (Wildman–Crippen MR) is 77.5 cm³/mol. The highest BCUT2D eigenvalue weighted by molar-refractivity contribution is 7.12. The van der Waals surface area contributed by atoms with Crippen LogP contribution in [0.15, 0.2) is 11.4 Å². The molecule has 1 atom stereocenters. The van der Waals surface area contributed by atoms with Crippen molar-refractivity contribution in [1.82, 2.24) is 5.32 Å². The largest absolute Gasteiger partial charge is 0.480 e. The molecule has 0 saturated carbocycles. The number of nitrogens with one attached hydrogen (secondary N) is 1. The van der Waals surface area contributed by atoms with Crippen LogP contribution in [0.25, 0.3) is 0 Å². The van der Waals surface area contributed by atoms with Gasteiger partial charge in [0.25, 0.3) is 5.91 Å². The molecule has 116 valence electrons. The van der Waals surface area contributed by atoms with Gasteiger partial charge in [0.15, 0.2) is 0 Å². The van der Waals surface area contributed by atoms with Gasteiger partial charge in [0.2, 0.25) is 0 Å². The SMILES string of the molecule is COCc1csc(C(=O)NC(C(=O)O)C2CCOCC2)c1. The van der Waals surface area contributed by atoms with E-state index in [4.69, 9.17) is 9.47 Å². The minimum Gasteiger partial charge on any atom is -0.480 e. The monoisotopic (exact) mass is 313 g/mol. The number of carboxylic acids is 1. The lowest BCUT2D eigenvalue weighted by Gasteiger charge is -2.27. The van der Waals surface area contributed by atoms with Crippen LogP contribution in [0.1, 0.15) is 28.1 Å². The topological polar surface area (TPSA) is 84.9 Å². The summed E-state index contributed by atoms with van der Waals surface area (Å²) in [5, 5.41) is 13.8. The van der Waals surface area contributed by atoms with Crippen LogP contribution >= 0.6 is 11.3 Å². The molecule has 7 heteroatoms. The van der Waals surface area contributed by atoms with Crippen molar-refractivity contribution in [3.63, 3.8) is 0 Å². The number of hydrogen-bond acceptors (Lipinski definition) is 5. The molecule has 6 nitrogen and oxygen atoms in total. The van der Waals surface area contributed by atoms with Gasteiger partial charge >= 0.3 is 5.97 Å². The van der Waals surface area contributed by atoms with Gasteiger partial charge in [0.1, 0.15) is 6.04 Å². The molecule has 1 aromatic rings. The summed E-state index contributed by atoms with van der Waals surface area (Å²) in [6, 6.07) is 0.862. The Morgan fingerprint density at radius 1 is 1.52 bits per heavy atom. The highest BCUT2D eigenvalue weighted by atomic mass is 32.1. The Hall–Kier alpha value is -1.44. The van der Waals surface area contributed by atoms with Crippen LogP contribution in [-0.4, -0.2) is 43.3 Å². The number of methoxy groups -OCH3 is 1. The lowest BCUT2D eigenvalue weighted by Crippen LogP contribution is -2.47. The first-order chi connectivity index (χ1) is 10.1. The van der Waals surface area contributed by atoms with Crippen LogP contribution in [0.5, 0.6) is 0 Å². The highest BCUT2D eigenvalue weighted by Crippen LogP contribution is 2.21. The Kier molecular flexibility index (Phi) is 5.72. The van der Waals surface area contributed by atoms with Crippen LogP contribution in [0, 0.1) is 5.92 Å². The molecule has 1 aliphatic rings. The van der Waals surface area contributed by atoms with Gasteiger partial charge in [-0.2, -0.15) is 0 Å². The van der Waals surface area contributed by atoms with E-state index in [1.165, 1.54) is 11.3 Å². The van der Waals surface area contributed by atoms with E-state index in [0.29, 0.717) is 37.5 Å². The Balaban J connectivity index is 2.01. The van der Waals surface area contributed by atoms with Crippen molar-refractivity contribution in [2.24, 2.45) is 5.92 Å². The average Bonchev–Trinajstić information content (AvgIpc) is 2.94. The molecule has 2 rings (SSSR count). The Labute approximate surface area is 127 Å². The molecule has 2 heterocycles. The molecule has 0 aromatic carbocycles. The fourth-order valence-electron chi connectivity index (χ4n) is 2.38. The fraction of sp³-hybridized carbons (Fsp3) is 0.571. The maximum absolute atomic E-state index is 12.2. The van der Waals surface area contributed by atoms with E-state index < -0.39 is 12.0 Å². The highest BCUT2D eigenvalue weighted by Gasteiger charge is 2.31. The minimum absolute atomic E-state index is 0.0846. The molecule has 1 fully saturated rings. The van der Waals surface area contributed by atoms with Crippen LogP contribution in [-0.2, 0) is 20.9 Å². The van der Waals surface area contributed by atoms with E-state index in [2.05, 4.69) is 5.32 Å². The van der Waals surface area contributed by atoms with Crippen molar-refractivity contribution in [2.45, 2.75) is 25.5 Å². The van der Waals surface area contributed by atoms with Gasteiger partial charge in [-0.05, 0) is 35.8 Å². The molecule has 1 unspecified atom stereocenters. The van der Waals surface area contributed by atoms with Crippen molar-refractivity contribution in [3.8, 4) is 0 Å². The van der Waals surface area contributed by atoms with Gasteiger partial charge in [-0.25, -0.2) is 4.79 Å². The van der Waals surface area contributed by atoms with Crippen LogP contribution in [0.2, 0.25) is 0 Å². The molecule has 1 saturated heterocycles. The standard InChI is InChI=1S/C14H19NO5S/c1-19-7-9-6-11(21-8-9)13(16)15-12(14(17)18)10-2-4-20-5-3-10/h6,8,10,12H,2-5,7H2,1H3,(H,15,16)(H,17,18). The summed E-state index contributed by atoms with van der Waals surface area (Å²) in [7, 11) is 1.59. The number of ether oxygens (including phenoxy) is 2. The zero-order valence-corrected chi connectivity index (χ0v) is 12.6. The van der Waals surface area contributed by atoms with Crippen molar-refractivity contribution >= 4 is 23.2 Å². The third-order valence-corrected chi connectivity index (χ3v) is 4.46. The van der Waals surface area contributed by atoms with E-state index in [1.54, 1.807) is 13.2 Å². The molecule has 0 bridgehead atoms. The number of aliphatic carboxylic acids is 1. The molecule has 21 heavy (non-hydrogen) atoms. The van der Waals surface area contributed by atoms with Crippen molar-refractivity contribution in [2.75, 3.05) is 20.3 Å². The molecule has 0 aliphatic carbocycles. The molecule has 1 amide bonds. The zero-order chi connectivity index (χ0) is 15.2. The van der Waals surface area contributed by atoms with Crippen molar-refractivity contribution in [1.29, 1.82) is 0 Å². The lowest BCUT2D eigenvalue weighted by molar-refractivity contribution is -0.141. The summed E-state index contributed by atoms with van der Waals surface area (Å²) in [5.74, 6) is -1.43. The Bertz CT molecular complexity index is 495. The molecular weight excluding hydrogens is 294 g/mol. The summed E-state index contributed by atoms with van der Waals surface area (Å²) >= 11 is 1.29. The number of amides is 1. The predicted octanol–water partition coefficient (Wildman–Crippen LogP) is 1.50. The van der Waals surface area contributed by atoms with Gasteiger partial charge in [-0.3, -0.25) is 4.79 Å². The molecule has 2 N–H and O–H groups in total. The fourth-order valence-corrected chi connectivity index (χ4v) is 3.18. The second kappa shape index (κ2) is 7.53. The first-order valence-electron chi connectivity index (χ1n) is 6.79. The number of thiophene rings is 1. The normalized spacial score (nSPS) is 17.4. The van der Waals surface area contributed by atoms with E-state index in [0.717, 1.165) is 5.56 Å². The van der Waals surface area contributed by atoms with E-state index in [1.807, 2.05) is 5.38 Å². The molecular formula is C14H19NO5S. The quantitative estimate of drug-likeness (QED) is 0.831. The maximum Gasteiger partial charge on any atom is 0.326 e. The Morgan fingerprint density at radius 3 is 2.86 bits per heavy atom. The molecule has 1 aromatic heterocycles. The first-order valence-corrected chi connectivity index (χ1v) is 7.67. The smallest absolute Gasteiger partial charge is 0.326 e. The van der Waals surface area contributed by atoms with E-state index in [-0.39, 0.29) is 11.8 Å². The summed E-state index contributed by atoms with van der Waals surface area (Å²) < 4.78 is 10.2. The number of carbonyl (C=O) groups excluding carboxylic acids is 1. The second-order valence-corrected chi connectivity index (χ2v) is 5.90. The summed E-state index contributed by atoms with van der Waals surface area (Å²) in [6.45, 7) is 1.52. The summed E-state index contributed by atoms with van der Waals surface area (Å²) in [5.41, 5.74) is 0.908. The van der Waals surface area contributed by atoms with Crippen LogP contribution < -0.4 is 5.32 Å². The van der Waals surface area contributed by atoms with Gasteiger partial charge < -0.3 is 19.9 Å². The second-order valence-electron chi connectivity index (χ2n) is 4.99. The lowest BCUT2D eigenvalue weighted by atomic mass is 9.91. The van der Waals surface area contributed by atoms with Gasteiger partial charge in [-0.1, -0.05) is 0 Å². The number of carbonyl (C=O) groups is 2. The third kappa shape index (κ3) is 4.26. The average molecular weight is 313 g/mol. The van der Waals surface area contributed by atoms with Gasteiger partial charge in [0, 0.05) is 20.3 Å². The van der Waals surface area contributed by atoms with Gasteiger partial charge in [-0.15, -0.1) is 11.3 Å². The van der Waals surface area contributed by atoms with Crippen LogP contribution in [0.3, 0.4) is 0 Å². The van der Waals surface area contributed by atoms with Crippen LogP contribution in [0.4, 0.5) is 0 Å². The van der Waals surface area contributed by atoms with E-state index in [9.17, 15) is 14.7 Å². The van der Waals surface area contributed by atoms with E-state index >= 15 is 0 Å². The molecule has 0 radical (unpaired) electrons. The van der Waals surface area contributed by atoms with Gasteiger partial charge in [0.05, 0.1) is 11.5 Å². The zero-order valence-electron chi connectivity index (χ0n) is 11.8. The number of carboxylic acid groups (broad SMARTS) is 1.